The molecule has 0 aromatic carbocycles. The molecule has 1 fully saturated rings. The highest BCUT2D eigenvalue weighted by Crippen LogP contribution is 2.24. The molecule has 1 aliphatic rings. The van der Waals surface area contributed by atoms with Gasteiger partial charge in [-0.3, -0.25) is 0 Å². The number of aromatic nitrogens is 1. The summed E-state index contributed by atoms with van der Waals surface area (Å²) >= 11 is 6.02. The second-order valence-electron chi connectivity index (χ2n) is 4.51. The van der Waals surface area contributed by atoms with Crippen molar-refractivity contribution in [2.45, 2.75) is 31.7 Å². The van der Waals surface area contributed by atoms with E-state index in [9.17, 15) is 0 Å². The van der Waals surface area contributed by atoms with Gasteiger partial charge in [0.15, 0.2) is 0 Å². The van der Waals surface area contributed by atoms with Crippen LogP contribution < -0.4 is 11.1 Å². The molecule has 0 spiro atoms. The Balaban J connectivity index is 1.85. The third-order valence-corrected chi connectivity index (χ3v) is 3.45. The number of halogens is 1. The van der Waals surface area contributed by atoms with Crippen LogP contribution in [0.15, 0.2) is 18.3 Å². The van der Waals surface area contributed by atoms with Gasteiger partial charge in [0, 0.05) is 18.8 Å². The third kappa shape index (κ3) is 3.09. The number of nitrogens with two attached hydrogens (primary N) is 1. The summed E-state index contributed by atoms with van der Waals surface area (Å²) in [4.78, 5) is 4.21. The van der Waals surface area contributed by atoms with Crippen molar-refractivity contribution in [3.05, 3.63) is 23.4 Å². The van der Waals surface area contributed by atoms with E-state index < -0.39 is 0 Å². The van der Waals surface area contributed by atoms with Gasteiger partial charge in [0.1, 0.15) is 5.82 Å². The number of nitrogens with one attached hydrogen (secondary N) is 1. The Morgan fingerprint density at radius 3 is 3.12 bits per heavy atom. The summed E-state index contributed by atoms with van der Waals surface area (Å²) in [5, 5.41) is 3.99. The van der Waals surface area contributed by atoms with E-state index in [-0.39, 0.29) is 0 Å². The molecule has 0 amide bonds. The van der Waals surface area contributed by atoms with E-state index in [0.717, 1.165) is 18.8 Å². The van der Waals surface area contributed by atoms with Crippen molar-refractivity contribution >= 4 is 17.4 Å². The Morgan fingerprint density at radius 2 is 2.38 bits per heavy atom. The summed E-state index contributed by atoms with van der Waals surface area (Å²) < 4.78 is 0. The van der Waals surface area contributed by atoms with Gasteiger partial charge >= 0.3 is 0 Å². The normalized spacial score (nSPS) is 25.4. The largest absolute Gasteiger partial charge is 0.369 e. The average Bonchev–Trinajstić information content (AvgIpc) is 2.28. The second-order valence-corrected chi connectivity index (χ2v) is 4.91. The molecule has 0 radical (unpaired) electrons. The number of pyridine rings is 1. The number of hydrogen-bond donors (Lipinski definition) is 2. The zero-order valence-corrected chi connectivity index (χ0v) is 10.1. The summed E-state index contributed by atoms with van der Waals surface area (Å²) in [6.45, 7) is 0.921. The Hall–Kier alpha value is -0.800. The van der Waals surface area contributed by atoms with Crippen LogP contribution in [-0.4, -0.2) is 17.6 Å². The molecule has 0 bridgehead atoms. The minimum atomic E-state index is 0.375. The van der Waals surface area contributed by atoms with Gasteiger partial charge < -0.3 is 11.1 Å². The van der Waals surface area contributed by atoms with E-state index in [4.69, 9.17) is 17.3 Å². The molecule has 1 aromatic rings. The Bertz CT molecular complexity index is 343. The zero-order chi connectivity index (χ0) is 11.4. The smallest absolute Gasteiger partial charge is 0.144 e. The molecule has 16 heavy (non-hydrogen) atoms. The lowest BCUT2D eigenvalue weighted by atomic mass is 9.86. The SMILES string of the molecule is NC1CCCC(CNc2ncccc2Cl)C1. The summed E-state index contributed by atoms with van der Waals surface area (Å²) in [6.07, 6.45) is 6.52. The van der Waals surface area contributed by atoms with Crippen LogP contribution in [0.4, 0.5) is 5.82 Å². The highest BCUT2D eigenvalue weighted by molar-refractivity contribution is 6.32. The van der Waals surface area contributed by atoms with Crippen LogP contribution in [0.1, 0.15) is 25.7 Å². The van der Waals surface area contributed by atoms with Crippen LogP contribution in [0, 0.1) is 5.92 Å². The maximum atomic E-state index is 6.02. The number of rotatable bonds is 3. The molecular weight excluding hydrogens is 222 g/mol. The molecule has 1 heterocycles. The Kier molecular flexibility index (Phi) is 4.02. The van der Waals surface area contributed by atoms with Gasteiger partial charge in [-0.25, -0.2) is 4.98 Å². The molecule has 4 heteroatoms. The molecule has 0 saturated heterocycles. The first-order valence-corrected chi connectivity index (χ1v) is 6.23. The summed E-state index contributed by atoms with van der Waals surface area (Å²) in [5.41, 5.74) is 5.95. The van der Waals surface area contributed by atoms with E-state index in [1.807, 2.05) is 12.1 Å². The van der Waals surface area contributed by atoms with Gasteiger partial charge in [-0.1, -0.05) is 18.0 Å². The first-order valence-electron chi connectivity index (χ1n) is 5.85. The van der Waals surface area contributed by atoms with Crippen LogP contribution in [0.5, 0.6) is 0 Å². The fourth-order valence-electron chi connectivity index (χ4n) is 2.27. The zero-order valence-electron chi connectivity index (χ0n) is 9.32. The quantitative estimate of drug-likeness (QED) is 0.853. The molecule has 3 nitrogen and oxygen atoms in total. The van der Waals surface area contributed by atoms with Gasteiger partial charge in [0.2, 0.25) is 0 Å². The van der Waals surface area contributed by atoms with Crippen LogP contribution in [0.2, 0.25) is 5.02 Å². The van der Waals surface area contributed by atoms with Gasteiger partial charge in [-0.05, 0) is 37.3 Å². The van der Waals surface area contributed by atoms with Crippen molar-refractivity contribution in [2.75, 3.05) is 11.9 Å². The maximum Gasteiger partial charge on any atom is 0.144 e. The van der Waals surface area contributed by atoms with E-state index >= 15 is 0 Å². The van der Waals surface area contributed by atoms with Crippen LogP contribution in [0.25, 0.3) is 0 Å². The Labute approximate surface area is 101 Å². The first-order chi connectivity index (χ1) is 7.75. The molecule has 2 rings (SSSR count). The predicted octanol–water partition coefficient (Wildman–Crippen LogP) is 2.66. The highest BCUT2D eigenvalue weighted by atomic mass is 35.5. The van der Waals surface area contributed by atoms with Crippen LogP contribution in [0.3, 0.4) is 0 Å². The lowest BCUT2D eigenvalue weighted by Gasteiger charge is -2.26. The standard InChI is InChI=1S/C12H18ClN3/c13-11-5-2-6-15-12(11)16-8-9-3-1-4-10(14)7-9/h2,5-6,9-10H,1,3-4,7-8,14H2,(H,15,16). The van der Waals surface area contributed by atoms with Crippen molar-refractivity contribution in [1.82, 2.24) is 4.98 Å². The van der Waals surface area contributed by atoms with E-state index in [1.54, 1.807) is 6.20 Å². The fourth-order valence-corrected chi connectivity index (χ4v) is 2.46. The highest BCUT2D eigenvalue weighted by Gasteiger charge is 2.19. The molecule has 3 N–H and O–H groups in total. The molecule has 88 valence electrons. The van der Waals surface area contributed by atoms with Crippen molar-refractivity contribution in [1.29, 1.82) is 0 Å². The molecule has 1 aliphatic carbocycles. The molecule has 1 saturated carbocycles. The van der Waals surface area contributed by atoms with Gasteiger partial charge in [0.25, 0.3) is 0 Å². The number of hydrogen-bond acceptors (Lipinski definition) is 3. The van der Waals surface area contributed by atoms with E-state index in [2.05, 4.69) is 10.3 Å². The maximum absolute atomic E-state index is 6.02. The fraction of sp³-hybridized carbons (Fsp3) is 0.583. The lowest BCUT2D eigenvalue weighted by molar-refractivity contribution is 0.335. The van der Waals surface area contributed by atoms with Gasteiger partial charge in [-0.2, -0.15) is 0 Å². The van der Waals surface area contributed by atoms with Crippen LogP contribution >= 0.6 is 11.6 Å². The number of anilines is 1. The monoisotopic (exact) mass is 239 g/mol. The summed E-state index contributed by atoms with van der Waals surface area (Å²) in [5.74, 6) is 1.44. The number of nitrogens with zero attached hydrogens (tertiary/aromatic N) is 1. The molecule has 2 unspecified atom stereocenters. The van der Waals surface area contributed by atoms with Crippen LogP contribution in [-0.2, 0) is 0 Å². The Morgan fingerprint density at radius 1 is 1.50 bits per heavy atom. The van der Waals surface area contributed by atoms with Crippen molar-refractivity contribution in [3.63, 3.8) is 0 Å². The minimum Gasteiger partial charge on any atom is -0.369 e. The molecule has 2 atom stereocenters. The van der Waals surface area contributed by atoms with Crippen molar-refractivity contribution < 1.29 is 0 Å². The minimum absolute atomic E-state index is 0.375. The second kappa shape index (κ2) is 5.51. The summed E-state index contributed by atoms with van der Waals surface area (Å²) in [7, 11) is 0. The van der Waals surface area contributed by atoms with Gasteiger partial charge in [0.05, 0.1) is 5.02 Å². The van der Waals surface area contributed by atoms with E-state index in [1.165, 1.54) is 19.3 Å². The summed E-state index contributed by atoms with van der Waals surface area (Å²) in [6, 6.07) is 4.06. The van der Waals surface area contributed by atoms with Crippen molar-refractivity contribution in [2.24, 2.45) is 11.7 Å². The lowest BCUT2D eigenvalue weighted by Crippen LogP contribution is -2.31. The third-order valence-electron chi connectivity index (χ3n) is 3.14. The molecule has 0 aliphatic heterocycles. The molecule has 1 aromatic heterocycles. The first kappa shape index (κ1) is 11.7. The average molecular weight is 240 g/mol. The van der Waals surface area contributed by atoms with E-state index in [0.29, 0.717) is 17.0 Å². The molecular formula is C12H18ClN3. The van der Waals surface area contributed by atoms with Gasteiger partial charge in [-0.15, -0.1) is 0 Å². The predicted molar refractivity (Wildman–Crippen MR) is 67.7 cm³/mol. The topological polar surface area (TPSA) is 50.9 Å². The van der Waals surface area contributed by atoms with Crippen molar-refractivity contribution in [3.8, 4) is 0 Å².